The number of nitrogens with zero attached hydrogens (tertiary/aromatic N) is 1. The van der Waals surface area contributed by atoms with Gasteiger partial charge in [0.15, 0.2) is 0 Å². The third-order valence-electron chi connectivity index (χ3n) is 3.78. The molecule has 0 spiro atoms. The minimum Gasteiger partial charge on any atom is -0.366 e. The molecule has 0 aliphatic carbocycles. The van der Waals surface area contributed by atoms with Gasteiger partial charge in [-0.3, -0.25) is 9.59 Å². The molecule has 1 saturated heterocycles. The van der Waals surface area contributed by atoms with Gasteiger partial charge in [0.25, 0.3) is 5.91 Å². The van der Waals surface area contributed by atoms with E-state index < -0.39 is 5.91 Å². The van der Waals surface area contributed by atoms with Crippen molar-refractivity contribution in [1.82, 2.24) is 4.90 Å². The maximum atomic E-state index is 12.4. The molecular weight excluding hydrogens is 240 g/mol. The molecule has 1 heterocycles. The summed E-state index contributed by atoms with van der Waals surface area (Å²) in [4.78, 5) is 25.4. The molecule has 2 amide bonds. The zero-order chi connectivity index (χ0) is 13.8. The molecule has 1 aliphatic heterocycles. The fraction of sp³-hybridized carbons (Fsp3) is 0.467. The molecule has 1 atom stereocenters. The molecule has 0 saturated carbocycles. The first-order valence-electron chi connectivity index (χ1n) is 6.81. The molecule has 2 N–H and O–H groups in total. The van der Waals surface area contributed by atoms with Gasteiger partial charge in [0, 0.05) is 24.2 Å². The average Bonchev–Trinajstić information content (AvgIpc) is 2.46. The number of amides is 2. The SMILES string of the molecule is CCC1CCCN(C(=O)c2cccc(C(N)=O)c2)C1. The third kappa shape index (κ3) is 3.13. The zero-order valence-corrected chi connectivity index (χ0v) is 11.3. The minimum atomic E-state index is -0.500. The lowest BCUT2D eigenvalue weighted by Gasteiger charge is -2.32. The van der Waals surface area contributed by atoms with Crippen molar-refractivity contribution < 1.29 is 9.59 Å². The van der Waals surface area contributed by atoms with Crippen LogP contribution in [0.2, 0.25) is 0 Å². The van der Waals surface area contributed by atoms with Gasteiger partial charge in [-0.25, -0.2) is 0 Å². The minimum absolute atomic E-state index is 0.00116. The number of benzene rings is 1. The van der Waals surface area contributed by atoms with Crippen molar-refractivity contribution in [2.24, 2.45) is 11.7 Å². The van der Waals surface area contributed by atoms with E-state index in [-0.39, 0.29) is 5.91 Å². The van der Waals surface area contributed by atoms with Crippen LogP contribution in [0.4, 0.5) is 0 Å². The lowest BCUT2D eigenvalue weighted by molar-refractivity contribution is 0.0671. The fourth-order valence-corrected chi connectivity index (χ4v) is 2.57. The average molecular weight is 260 g/mol. The Kier molecular flexibility index (Phi) is 4.20. The molecule has 0 radical (unpaired) electrons. The number of hydrogen-bond acceptors (Lipinski definition) is 2. The summed E-state index contributed by atoms with van der Waals surface area (Å²) in [5, 5.41) is 0. The number of primary amides is 1. The predicted octanol–water partition coefficient (Wildman–Crippen LogP) is 2.05. The summed E-state index contributed by atoms with van der Waals surface area (Å²) in [6.45, 7) is 3.78. The molecule has 1 fully saturated rings. The van der Waals surface area contributed by atoms with Gasteiger partial charge in [0.05, 0.1) is 0 Å². The van der Waals surface area contributed by atoms with Gasteiger partial charge in [-0.05, 0) is 37.0 Å². The Balaban J connectivity index is 2.14. The number of rotatable bonds is 3. The molecule has 4 heteroatoms. The van der Waals surface area contributed by atoms with E-state index in [4.69, 9.17) is 5.73 Å². The largest absolute Gasteiger partial charge is 0.366 e. The quantitative estimate of drug-likeness (QED) is 0.904. The highest BCUT2D eigenvalue weighted by molar-refractivity contribution is 5.99. The molecule has 1 aromatic rings. The molecule has 102 valence electrons. The first-order chi connectivity index (χ1) is 9.11. The van der Waals surface area contributed by atoms with Gasteiger partial charge in [-0.15, -0.1) is 0 Å². The van der Waals surface area contributed by atoms with Crippen LogP contribution in [0.1, 0.15) is 46.9 Å². The van der Waals surface area contributed by atoms with Crippen molar-refractivity contribution >= 4 is 11.8 Å². The number of hydrogen-bond donors (Lipinski definition) is 1. The summed E-state index contributed by atoms with van der Waals surface area (Å²) < 4.78 is 0. The van der Waals surface area contributed by atoms with E-state index in [1.165, 1.54) is 6.42 Å². The Morgan fingerprint density at radius 2 is 2.11 bits per heavy atom. The van der Waals surface area contributed by atoms with Crippen LogP contribution in [-0.4, -0.2) is 29.8 Å². The Bertz CT molecular complexity index is 485. The highest BCUT2D eigenvalue weighted by Crippen LogP contribution is 2.21. The second kappa shape index (κ2) is 5.87. The highest BCUT2D eigenvalue weighted by Gasteiger charge is 2.23. The topological polar surface area (TPSA) is 63.4 Å². The molecule has 1 aromatic carbocycles. The highest BCUT2D eigenvalue weighted by atomic mass is 16.2. The summed E-state index contributed by atoms with van der Waals surface area (Å²) in [6, 6.07) is 6.66. The van der Waals surface area contributed by atoms with Crippen molar-refractivity contribution in [3.05, 3.63) is 35.4 Å². The summed E-state index contributed by atoms with van der Waals surface area (Å²) >= 11 is 0. The van der Waals surface area contributed by atoms with E-state index in [1.54, 1.807) is 24.3 Å². The first-order valence-corrected chi connectivity index (χ1v) is 6.81. The van der Waals surface area contributed by atoms with Crippen LogP contribution in [0.5, 0.6) is 0 Å². The summed E-state index contributed by atoms with van der Waals surface area (Å²) in [5.74, 6) is 0.0954. The van der Waals surface area contributed by atoms with Crippen molar-refractivity contribution in [1.29, 1.82) is 0 Å². The maximum absolute atomic E-state index is 12.4. The van der Waals surface area contributed by atoms with Crippen molar-refractivity contribution in [2.75, 3.05) is 13.1 Å². The lowest BCUT2D eigenvalue weighted by atomic mass is 9.95. The Hall–Kier alpha value is -1.84. The Morgan fingerprint density at radius 1 is 1.37 bits per heavy atom. The second-order valence-electron chi connectivity index (χ2n) is 5.11. The van der Waals surface area contributed by atoms with Crippen LogP contribution in [0.25, 0.3) is 0 Å². The van der Waals surface area contributed by atoms with Gasteiger partial charge in [-0.2, -0.15) is 0 Å². The number of likely N-dealkylation sites (tertiary alicyclic amines) is 1. The monoisotopic (exact) mass is 260 g/mol. The van der Waals surface area contributed by atoms with Gasteiger partial charge in [-0.1, -0.05) is 19.4 Å². The van der Waals surface area contributed by atoms with E-state index in [1.807, 2.05) is 4.90 Å². The van der Waals surface area contributed by atoms with Crippen LogP contribution < -0.4 is 5.73 Å². The smallest absolute Gasteiger partial charge is 0.253 e. The number of nitrogens with two attached hydrogens (primary N) is 1. The van der Waals surface area contributed by atoms with Crippen molar-refractivity contribution in [2.45, 2.75) is 26.2 Å². The van der Waals surface area contributed by atoms with E-state index in [9.17, 15) is 9.59 Å². The molecule has 1 unspecified atom stereocenters. The van der Waals surface area contributed by atoms with Crippen LogP contribution in [0, 0.1) is 5.92 Å². The third-order valence-corrected chi connectivity index (χ3v) is 3.78. The zero-order valence-electron chi connectivity index (χ0n) is 11.3. The predicted molar refractivity (Wildman–Crippen MR) is 73.9 cm³/mol. The van der Waals surface area contributed by atoms with E-state index in [2.05, 4.69) is 6.92 Å². The van der Waals surface area contributed by atoms with E-state index in [0.717, 1.165) is 25.9 Å². The normalized spacial score (nSPS) is 19.2. The standard InChI is InChI=1S/C15H20N2O2/c1-2-11-5-4-8-17(10-11)15(19)13-7-3-6-12(9-13)14(16)18/h3,6-7,9,11H,2,4-5,8,10H2,1H3,(H2,16,18). The van der Waals surface area contributed by atoms with Gasteiger partial charge >= 0.3 is 0 Å². The van der Waals surface area contributed by atoms with Crippen LogP contribution >= 0.6 is 0 Å². The lowest BCUT2D eigenvalue weighted by Crippen LogP contribution is -2.39. The van der Waals surface area contributed by atoms with Crippen LogP contribution in [0.15, 0.2) is 24.3 Å². The molecule has 1 aliphatic rings. The molecular formula is C15H20N2O2. The number of piperidine rings is 1. The molecule has 4 nitrogen and oxygen atoms in total. The fourth-order valence-electron chi connectivity index (χ4n) is 2.57. The number of carbonyl (C=O) groups excluding carboxylic acids is 2. The molecule has 0 aromatic heterocycles. The number of carbonyl (C=O) groups is 2. The van der Waals surface area contributed by atoms with Crippen molar-refractivity contribution in [3.8, 4) is 0 Å². The molecule has 0 bridgehead atoms. The summed E-state index contributed by atoms with van der Waals surface area (Å²) in [7, 11) is 0. The Morgan fingerprint density at radius 3 is 2.79 bits per heavy atom. The van der Waals surface area contributed by atoms with E-state index in [0.29, 0.717) is 17.0 Å². The first kappa shape index (κ1) is 13.6. The van der Waals surface area contributed by atoms with Crippen LogP contribution in [0.3, 0.4) is 0 Å². The molecule has 19 heavy (non-hydrogen) atoms. The van der Waals surface area contributed by atoms with Gasteiger partial charge < -0.3 is 10.6 Å². The van der Waals surface area contributed by atoms with Crippen LogP contribution in [-0.2, 0) is 0 Å². The van der Waals surface area contributed by atoms with Gasteiger partial charge in [0.2, 0.25) is 5.91 Å². The molecule has 2 rings (SSSR count). The summed E-state index contributed by atoms with van der Waals surface area (Å²) in [6.07, 6.45) is 3.35. The van der Waals surface area contributed by atoms with Crippen molar-refractivity contribution in [3.63, 3.8) is 0 Å². The summed E-state index contributed by atoms with van der Waals surface area (Å²) in [5.41, 5.74) is 6.17. The van der Waals surface area contributed by atoms with E-state index >= 15 is 0 Å². The Labute approximate surface area is 113 Å². The van der Waals surface area contributed by atoms with Gasteiger partial charge in [0.1, 0.15) is 0 Å². The second-order valence-corrected chi connectivity index (χ2v) is 5.11. The maximum Gasteiger partial charge on any atom is 0.253 e.